The maximum atomic E-state index is 5.85. The van der Waals surface area contributed by atoms with Gasteiger partial charge in [0.15, 0.2) is 11.3 Å². The van der Waals surface area contributed by atoms with Gasteiger partial charge in [0.25, 0.3) is 0 Å². The zero-order chi connectivity index (χ0) is 17.8. The van der Waals surface area contributed by atoms with Crippen LogP contribution in [-0.4, -0.2) is 45.3 Å². The molecule has 25 heavy (non-hydrogen) atoms. The van der Waals surface area contributed by atoms with E-state index in [1.54, 1.807) is 0 Å². The Bertz CT molecular complexity index is 837. The largest absolute Gasteiger partial charge is 0.463 e. The highest BCUT2D eigenvalue weighted by Crippen LogP contribution is 2.20. The van der Waals surface area contributed by atoms with Gasteiger partial charge in [-0.05, 0) is 32.6 Å². The van der Waals surface area contributed by atoms with Gasteiger partial charge >= 0.3 is 0 Å². The molecule has 0 spiro atoms. The maximum Gasteiger partial charge on any atom is 0.222 e. The molecule has 0 saturated carbocycles. The van der Waals surface area contributed by atoms with Crippen LogP contribution in [0.4, 0.5) is 11.8 Å². The number of hydrogen-bond acceptors (Lipinski definition) is 7. The van der Waals surface area contributed by atoms with Crippen molar-refractivity contribution in [2.75, 3.05) is 31.7 Å². The van der Waals surface area contributed by atoms with Crippen molar-refractivity contribution in [2.45, 2.75) is 32.9 Å². The van der Waals surface area contributed by atoms with Crippen molar-refractivity contribution < 1.29 is 4.42 Å². The van der Waals surface area contributed by atoms with Gasteiger partial charge in [0, 0.05) is 6.54 Å². The van der Waals surface area contributed by atoms with Gasteiger partial charge in [-0.1, -0.05) is 13.3 Å². The van der Waals surface area contributed by atoms with E-state index in [-0.39, 0.29) is 5.95 Å². The number of rotatable bonds is 8. The number of hydrogen-bond donors (Lipinski definition) is 2. The lowest BCUT2D eigenvalue weighted by Crippen LogP contribution is -2.09. The lowest BCUT2D eigenvalue weighted by Gasteiger charge is -2.06. The van der Waals surface area contributed by atoms with Crippen LogP contribution in [0.3, 0.4) is 0 Å². The van der Waals surface area contributed by atoms with Crippen LogP contribution in [0, 0.1) is 0 Å². The van der Waals surface area contributed by atoms with Crippen molar-refractivity contribution in [1.29, 1.82) is 0 Å². The Kier molecular flexibility index (Phi) is 5.18. The van der Waals surface area contributed by atoms with E-state index < -0.39 is 0 Å². The van der Waals surface area contributed by atoms with E-state index in [1.807, 2.05) is 37.1 Å². The number of unbranched alkanes of at least 4 members (excludes halogenated alkanes) is 1. The Hall–Kier alpha value is -2.61. The third-order valence-electron chi connectivity index (χ3n) is 3.76. The molecular formula is C17H25N7O. The van der Waals surface area contributed by atoms with Crippen LogP contribution in [0.5, 0.6) is 0 Å². The smallest absolute Gasteiger partial charge is 0.222 e. The van der Waals surface area contributed by atoms with Gasteiger partial charge in [0.2, 0.25) is 5.95 Å². The Labute approximate surface area is 147 Å². The summed E-state index contributed by atoms with van der Waals surface area (Å²) in [5.74, 6) is 2.72. The van der Waals surface area contributed by atoms with Gasteiger partial charge in [-0.3, -0.25) is 4.68 Å². The molecule has 0 bridgehead atoms. The van der Waals surface area contributed by atoms with Crippen LogP contribution in [0.2, 0.25) is 0 Å². The molecular weight excluding hydrogens is 318 g/mol. The van der Waals surface area contributed by atoms with E-state index in [4.69, 9.17) is 10.2 Å². The van der Waals surface area contributed by atoms with Crippen molar-refractivity contribution in [3.05, 3.63) is 29.9 Å². The average molecular weight is 343 g/mol. The number of nitrogen functional groups attached to an aromatic ring is 1. The Morgan fingerprint density at radius 2 is 2.04 bits per heavy atom. The minimum Gasteiger partial charge on any atom is -0.463 e. The Morgan fingerprint density at radius 1 is 1.24 bits per heavy atom. The minimum atomic E-state index is 0.248. The average Bonchev–Trinajstić information content (AvgIpc) is 3.13. The van der Waals surface area contributed by atoms with Crippen LogP contribution in [-0.2, 0) is 13.1 Å². The fourth-order valence-corrected chi connectivity index (χ4v) is 2.63. The molecule has 134 valence electrons. The summed E-state index contributed by atoms with van der Waals surface area (Å²) in [5, 5.41) is 7.90. The molecule has 0 fully saturated rings. The summed E-state index contributed by atoms with van der Waals surface area (Å²) in [6.07, 6.45) is 4.04. The zero-order valence-corrected chi connectivity index (χ0v) is 15.0. The third-order valence-corrected chi connectivity index (χ3v) is 3.76. The predicted molar refractivity (Wildman–Crippen MR) is 98.3 cm³/mol. The van der Waals surface area contributed by atoms with Crippen molar-refractivity contribution in [3.8, 4) is 0 Å². The van der Waals surface area contributed by atoms with Crippen molar-refractivity contribution in [3.63, 3.8) is 0 Å². The molecule has 0 aliphatic rings. The SMILES string of the molecule is CCCCNc1nc(N)nc2cn(Cc3ccc(CN(C)C)o3)nc12. The first kappa shape index (κ1) is 17.2. The van der Waals surface area contributed by atoms with E-state index in [2.05, 4.69) is 32.2 Å². The van der Waals surface area contributed by atoms with Crippen LogP contribution >= 0.6 is 0 Å². The molecule has 0 saturated heterocycles. The lowest BCUT2D eigenvalue weighted by atomic mass is 10.3. The summed E-state index contributed by atoms with van der Waals surface area (Å²) in [6, 6.07) is 3.97. The highest BCUT2D eigenvalue weighted by Gasteiger charge is 2.12. The molecule has 0 unspecified atom stereocenters. The summed E-state index contributed by atoms with van der Waals surface area (Å²) in [7, 11) is 4.02. The molecule has 0 aromatic carbocycles. The fraction of sp³-hybridized carbons (Fsp3) is 0.471. The second-order valence-electron chi connectivity index (χ2n) is 6.38. The molecule has 3 N–H and O–H groups in total. The summed E-state index contributed by atoms with van der Waals surface area (Å²) in [4.78, 5) is 10.6. The summed E-state index contributed by atoms with van der Waals surface area (Å²) in [5.41, 5.74) is 7.27. The minimum absolute atomic E-state index is 0.248. The van der Waals surface area contributed by atoms with Crippen molar-refractivity contribution >= 4 is 22.8 Å². The van der Waals surface area contributed by atoms with Gasteiger partial charge in [0.05, 0.1) is 19.3 Å². The molecule has 0 amide bonds. The van der Waals surface area contributed by atoms with E-state index in [0.717, 1.165) is 48.5 Å². The monoisotopic (exact) mass is 343 g/mol. The second-order valence-corrected chi connectivity index (χ2v) is 6.38. The highest BCUT2D eigenvalue weighted by atomic mass is 16.3. The van der Waals surface area contributed by atoms with Gasteiger partial charge in [0.1, 0.15) is 17.0 Å². The maximum absolute atomic E-state index is 5.85. The fourth-order valence-electron chi connectivity index (χ4n) is 2.63. The van der Waals surface area contributed by atoms with Crippen LogP contribution in [0.15, 0.2) is 22.7 Å². The summed E-state index contributed by atoms with van der Waals surface area (Å²) >= 11 is 0. The molecule has 3 rings (SSSR count). The second kappa shape index (κ2) is 7.52. The molecule has 0 atom stereocenters. The first-order valence-electron chi connectivity index (χ1n) is 8.52. The third kappa shape index (κ3) is 4.27. The summed E-state index contributed by atoms with van der Waals surface area (Å²) in [6.45, 7) is 4.29. The van der Waals surface area contributed by atoms with Crippen molar-refractivity contribution in [1.82, 2.24) is 24.6 Å². The lowest BCUT2D eigenvalue weighted by molar-refractivity contribution is 0.338. The first-order chi connectivity index (χ1) is 12.0. The molecule has 0 aliphatic heterocycles. The summed E-state index contributed by atoms with van der Waals surface area (Å²) < 4.78 is 7.66. The number of nitrogens with one attached hydrogen (secondary N) is 1. The predicted octanol–water partition coefficient (Wildman–Crippen LogP) is 2.32. The number of nitrogens with two attached hydrogens (primary N) is 1. The molecule has 0 radical (unpaired) electrons. The number of aromatic nitrogens is 4. The normalized spacial score (nSPS) is 11.5. The topological polar surface area (TPSA) is 98.0 Å². The number of anilines is 2. The molecule has 3 aromatic heterocycles. The molecule has 8 heteroatoms. The van der Waals surface area contributed by atoms with Crippen LogP contribution in [0.25, 0.3) is 11.0 Å². The highest BCUT2D eigenvalue weighted by molar-refractivity contribution is 5.85. The number of nitrogens with zero attached hydrogens (tertiary/aromatic N) is 5. The van der Waals surface area contributed by atoms with Crippen molar-refractivity contribution in [2.24, 2.45) is 0 Å². The number of fused-ring (bicyclic) bond motifs is 1. The van der Waals surface area contributed by atoms with E-state index in [9.17, 15) is 0 Å². The molecule has 3 heterocycles. The van der Waals surface area contributed by atoms with Gasteiger partial charge < -0.3 is 20.4 Å². The molecule has 0 aliphatic carbocycles. The van der Waals surface area contributed by atoms with Crippen LogP contribution in [0.1, 0.15) is 31.3 Å². The van der Waals surface area contributed by atoms with E-state index >= 15 is 0 Å². The quantitative estimate of drug-likeness (QED) is 0.606. The van der Waals surface area contributed by atoms with Gasteiger partial charge in [-0.15, -0.1) is 0 Å². The van der Waals surface area contributed by atoms with E-state index in [1.165, 1.54) is 0 Å². The number of furan rings is 1. The Morgan fingerprint density at radius 3 is 2.80 bits per heavy atom. The van der Waals surface area contributed by atoms with Gasteiger partial charge in [-0.2, -0.15) is 10.1 Å². The van der Waals surface area contributed by atoms with Crippen LogP contribution < -0.4 is 11.1 Å². The standard InChI is InChI=1S/C17H25N7O/c1-4-5-8-19-16-15-14(20-17(18)21-16)11-24(22-15)10-13-7-6-12(25-13)9-23(2)3/h6-7,11H,4-5,8-10H2,1-3H3,(H3,18,19,20,21). The zero-order valence-electron chi connectivity index (χ0n) is 15.0. The molecule has 8 nitrogen and oxygen atoms in total. The molecule has 3 aromatic rings. The Balaban J connectivity index is 1.80. The first-order valence-corrected chi connectivity index (χ1v) is 8.52. The van der Waals surface area contributed by atoms with Gasteiger partial charge in [-0.25, -0.2) is 4.98 Å². The van der Waals surface area contributed by atoms with E-state index in [0.29, 0.717) is 12.4 Å².